The Morgan fingerprint density at radius 2 is 1.47 bits per heavy atom. The molecule has 0 aliphatic rings. The number of nitrogens with one attached hydrogen (secondary N) is 1. The van der Waals surface area contributed by atoms with E-state index in [0.29, 0.717) is 5.69 Å². The van der Waals surface area contributed by atoms with Gasteiger partial charge in [-0.25, -0.2) is 0 Å². The van der Waals surface area contributed by atoms with E-state index in [1.165, 1.54) is 0 Å². The van der Waals surface area contributed by atoms with E-state index in [4.69, 9.17) is 0 Å². The number of carbonyl (C=O) groups is 3. The molecule has 0 saturated heterocycles. The zero-order valence-corrected chi connectivity index (χ0v) is 10.9. The van der Waals surface area contributed by atoms with Crippen LogP contribution in [0.25, 0.3) is 0 Å². The normalized spacial score (nSPS) is 10.5. The Balaban J connectivity index is 3.02. The Bertz CT molecular complexity index is 467. The van der Waals surface area contributed by atoms with Crippen LogP contribution in [0.3, 0.4) is 0 Å². The molecule has 0 aliphatic carbocycles. The maximum absolute atomic E-state index is 12.1. The molecule has 0 unspecified atom stereocenters. The fraction of sp³-hybridized carbons (Fsp3) is 0.308. The quantitative estimate of drug-likeness (QED) is 0.648. The molecule has 0 fully saturated rings. The van der Waals surface area contributed by atoms with Crippen molar-refractivity contribution in [3.63, 3.8) is 0 Å². The first-order valence-electron chi connectivity index (χ1n) is 5.50. The SMILES string of the molecule is COC(=O)C(C)(C(=O)Nc1ccccc1)C(=O)OC. The molecule has 19 heavy (non-hydrogen) atoms. The molecule has 0 spiro atoms. The number of para-hydroxylation sites is 1. The molecule has 6 heteroatoms. The third-order valence-corrected chi connectivity index (χ3v) is 2.67. The molecule has 1 N–H and O–H groups in total. The molecule has 1 rings (SSSR count). The second kappa shape index (κ2) is 5.99. The molecule has 0 aliphatic heterocycles. The molecule has 0 atom stereocenters. The highest BCUT2D eigenvalue weighted by molar-refractivity contribution is 6.22. The molecule has 1 aromatic carbocycles. The zero-order valence-electron chi connectivity index (χ0n) is 10.9. The summed E-state index contributed by atoms with van der Waals surface area (Å²) in [6.45, 7) is 1.16. The summed E-state index contributed by atoms with van der Waals surface area (Å²) in [6, 6.07) is 8.46. The Morgan fingerprint density at radius 3 is 1.89 bits per heavy atom. The number of rotatable bonds is 4. The van der Waals surface area contributed by atoms with Crippen LogP contribution in [0, 0.1) is 5.41 Å². The monoisotopic (exact) mass is 265 g/mol. The third-order valence-electron chi connectivity index (χ3n) is 2.67. The van der Waals surface area contributed by atoms with E-state index in [1.54, 1.807) is 30.3 Å². The second-order valence-corrected chi connectivity index (χ2v) is 3.93. The van der Waals surface area contributed by atoms with Gasteiger partial charge >= 0.3 is 11.9 Å². The number of anilines is 1. The van der Waals surface area contributed by atoms with Crippen LogP contribution in [0.5, 0.6) is 0 Å². The Kier molecular flexibility index (Phi) is 4.63. The maximum Gasteiger partial charge on any atom is 0.332 e. The fourth-order valence-corrected chi connectivity index (χ4v) is 1.45. The van der Waals surface area contributed by atoms with E-state index in [0.717, 1.165) is 21.1 Å². The lowest BCUT2D eigenvalue weighted by molar-refractivity contribution is -0.169. The summed E-state index contributed by atoms with van der Waals surface area (Å²) < 4.78 is 8.99. The van der Waals surface area contributed by atoms with Crippen LogP contribution in [-0.2, 0) is 23.9 Å². The number of hydrogen-bond acceptors (Lipinski definition) is 5. The molecular weight excluding hydrogens is 250 g/mol. The van der Waals surface area contributed by atoms with Gasteiger partial charge in [0.1, 0.15) is 0 Å². The molecular formula is C13H15NO5. The summed E-state index contributed by atoms with van der Waals surface area (Å²) in [6.07, 6.45) is 0. The van der Waals surface area contributed by atoms with Gasteiger partial charge in [0.05, 0.1) is 14.2 Å². The molecule has 1 amide bonds. The molecule has 0 radical (unpaired) electrons. The molecule has 102 valence electrons. The van der Waals surface area contributed by atoms with Crippen molar-refractivity contribution in [2.45, 2.75) is 6.92 Å². The summed E-state index contributed by atoms with van der Waals surface area (Å²) in [5.41, 5.74) is -1.58. The minimum absolute atomic E-state index is 0.464. The van der Waals surface area contributed by atoms with E-state index < -0.39 is 23.3 Å². The van der Waals surface area contributed by atoms with Crippen LogP contribution in [0.2, 0.25) is 0 Å². The van der Waals surface area contributed by atoms with Crippen LogP contribution in [0.4, 0.5) is 5.69 Å². The van der Waals surface area contributed by atoms with Crippen molar-refractivity contribution in [1.29, 1.82) is 0 Å². The molecule has 0 bridgehead atoms. The largest absolute Gasteiger partial charge is 0.468 e. The lowest BCUT2D eigenvalue weighted by Crippen LogP contribution is -2.48. The highest BCUT2D eigenvalue weighted by Gasteiger charge is 2.51. The van der Waals surface area contributed by atoms with Crippen molar-refractivity contribution in [3.8, 4) is 0 Å². The van der Waals surface area contributed by atoms with Gasteiger partial charge in [0, 0.05) is 5.69 Å². The number of hydrogen-bond donors (Lipinski definition) is 1. The molecule has 1 aromatic rings. The van der Waals surface area contributed by atoms with Crippen molar-refractivity contribution in [1.82, 2.24) is 0 Å². The Hall–Kier alpha value is -2.37. The molecule has 0 saturated carbocycles. The van der Waals surface area contributed by atoms with Crippen molar-refractivity contribution in [2.75, 3.05) is 19.5 Å². The predicted octanol–water partition coefficient (Wildman–Crippen LogP) is 0.977. The third kappa shape index (κ3) is 2.90. The average molecular weight is 265 g/mol. The van der Waals surface area contributed by atoms with E-state index in [1.807, 2.05) is 0 Å². The van der Waals surface area contributed by atoms with Crippen LogP contribution >= 0.6 is 0 Å². The highest BCUT2D eigenvalue weighted by Crippen LogP contribution is 2.23. The van der Waals surface area contributed by atoms with Gasteiger partial charge in [-0.05, 0) is 19.1 Å². The number of esters is 2. The highest BCUT2D eigenvalue weighted by atomic mass is 16.5. The molecule has 0 aromatic heterocycles. The lowest BCUT2D eigenvalue weighted by atomic mass is 9.89. The smallest absolute Gasteiger partial charge is 0.332 e. The molecule has 0 heterocycles. The van der Waals surface area contributed by atoms with Crippen molar-refractivity contribution >= 4 is 23.5 Å². The van der Waals surface area contributed by atoms with E-state index in [-0.39, 0.29) is 0 Å². The van der Waals surface area contributed by atoms with Gasteiger partial charge in [0.25, 0.3) is 5.91 Å². The zero-order chi connectivity index (χ0) is 14.5. The van der Waals surface area contributed by atoms with Gasteiger partial charge in [0.15, 0.2) is 0 Å². The minimum Gasteiger partial charge on any atom is -0.468 e. The summed E-state index contributed by atoms with van der Waals surface area (Å²) in [4.78, 5) is 35.5. The fourth-order valence-electron chi connectivity index (χ4n) is 1.45. The first-order chi connectivity index (χ1) is 8.96. The number of carbonyl (C=O) groups excluding carboxylic acids is 3. The lowest BCUT2D eigenvalue weighted by Gasteiger charge is -2.22. The summed E-state index contributed by atoms with van der Waals surface area (Å²) in [7, 11) is 2.19. The van der Waals surface area contributed by atoms with Gasteiger partial charge < -0.3 is 14.8 Å². The number of ether oxygens (including phenoxy) is 2. The van der Waals surface area contributed by atoms with Crippen LogP contribution in [0.1, 0.15) is 6.92 Å². The second-order valence-electron chi connectivity index (χ2n) is 3.93. The van der Waals surface area contributed by atoms with Crippen molar-refractivity contribution < 1.29 is 23.9 Å². The van der Waals surface area contributed by atoms with Gasteiger partial charge in [0.2, 0.25) is 5.41 Å². The number of benzene rings is 1. The maximum atomic E-state index is 12.1. The number of amides is 1. The van der Waals surface area contributed by atoms with Crippen LogP contribution < -0.4 is 5.32 Å². The summed E-state index contributed by atoms with van der Waals surface area (Å²) in [5, 5.41) is 2.47. The molecule has 6 nitrogen and oxygen atoms in total. The van der Waals surface area contributed by atoms with Gasteiger partial charge in [-0.2, -0.15) is 0 Å². The standard InChI is InChI=1S/C13H15NO5/c1-13(11(16)18-2,12(17)19-3)10(15)14-9-7-5-4-6-8-9/h4-8H,1-3H3,(H,14,15). The van der Waals surface area contributed by atoms with Crippen LogP contribution in [0.15, 0.2) is 30.3 Å². The van der Waals surface area contributed by atoms with Gasteiger partial charge in [-0.3, -0.25) is 14.4 Å². The predicted molar refractivity (Wildman–Crippen MR) is 67.2 cm³/mol. The summed E-state index contributed by atoms with van der Waals surface area (Å²) >= 11 is 0. The Labute approximate surface area is 110 Å². The van der Waals surface area contributed by atoms with Crippen molar-refractivity contribution in [3.05, 3.63) is 30.3 Å². The topological polar surface area (TPSA) is 81.7 Å². The summed E-state index contributed by atoms with van der Waals surface area (Å²) in [5.74, 6) is -2.77. The minimum atomic E-state index is -2.04. The van der Waals surface area contributed by atoms with Crippen molar-refractivity contribution in [2.24, 2.45) is 5.41 Å². The van der Waals surface area contributed by atoms with Gasteiger partial charge in [-0.1, -0.05) is 18.2 Å². The number of methoxy groups -OCH3 is 2. The first-order valence-corrected chi connectivity index (χ1v) is 5.50. The average Bonchev–Trinajstić information content (AvgIpc) is 2.45. The van der Waals surface area contributed by atoms with E-state index in [2.05, 4.69) is 14.8 Å². The van der Waals surface area contributed by atoms with Crippen LogP contribution in [-0.4, -0.2) is 32.1 Å². The van der Waals surface area contributed by atoms with Gasteiger partial charge in [-0.15, -0.1) is 0 Å². The van der Waals surface area contributed by atoms with E-state index in [9.17, 15) is 14.4 Å². The Morgan fingerprint density at radius 1 is 1.00 bits per heavy atom. The van der Waals surface area contributed by atoms with E-state index >= 15 is 0 Å². The first kappa shape index (κ1) is 14.7.